The highest BCUT2D eigenvalue weighted by molar-refractivity contribution is 5.53. The van der Waals surface area contributed by atoms with Gasteiger partial charge >= 0.3 is 0 Å². The van der Waals surface area contributed by atoms with E-state index < -0.39 is 0 Å². The number of hydrogen-bond acceptors (Lipinski definition) is 2. The van der Waals surface area contributed by atoms with E-state index in [0.717, 1.165) is 0 Å². The number of rotatable bonds is 3. The van der Waals surface area contributed by atoms with Crippen LogP contribution >= 0.6 is 0 Å². The van der Waals surface area contributed by atoms with E-state index >= 15 is 0 Å². The van der Waals surface area contributed by atoms with Crippen molar-refractivity contribution >= 4 is 6.08 Å². The summed E-state index contributed by atoms with van der Waals surface area (Å²) in [7, 11) is 0. The van der Waals surface area contributed by atoms with Gasteiger partial charge in [0, 0.05) is 11.5 Å². The van der Waals surface area contributed by atoms with Crippen LogP contribution in [0.25, 0.3) is 6.08 Å². The molecule has 134 valence electrons. The summed E-state index contributed by atoms with van der Waals surface area (Å²) >= 11 is 0. The van der Waals surface area contributed by atoms with E-state index in [2.05, 4.69) is 68.9 Å². The van der Waals surface area contributed by atoms with Gasteiger partial charge in [0.2, 0.25) is 0 Å². The van der Waals surface area contributed by atoms with E-state index in [1.54, 1.807) is 0 Å². The molecule has 1 aromatic rings. The highest BCUT2D eigenvalue weighted by atomic mass is 16.5. The molecule has 1 aliphatic carbocycles. The van der Waals surface area contributed by atoms with Crippen LogP contribution < -0.4 is 0 Å². The summed E-state index contributed by atoms with van der Waals surface area (Å²) in [5.74, 6) is 4.02. The summed E-state index contributed by atoms with van der Waals surface area (Å²) in [5.41, 5.74) is 2.48. The molecule has 1 aliphatic heterocycles. The van der Waals surface area contributed by atoms with Crippen molar-refractivity contribution < 1.29 is 4.74 Å². The fourth-order valence-electron chi connectivity index (χ4n) is 4.73. The maximum absolute atomic E-state index is 6.70. The minimum absolute atomic E-state index is 0.0421. The van der Waals surface area contributed by atoms with Crippen molar-refractivity contribution in [3.8, 4) is 12.3 Å². The summed E-state index contributed by atoms with van der Waals surface area (Å²) in [4.78, 5) is 2.39. The molecule has 1 saturated heterocycles. The molecule has 0 radical (unpaired) electrons. The van der Waals surface area contributed by atoms with Crippen molar-refractivity contribution in [2.75, 3.05) is 6.54 Å². The van der Waals surface area contributed by atoms with E-state index in [0.29, 0.717) is 24.5 Å². The molecule has 0 spiro atoms. The van der Waals surface area contributed by atoms with Crippen LogP contribution in [0, 0.1) is 24.2 Å². The van der Waals surface area contributed by atoms with Gasteiger partial charge in [0.15, 0.2) is 0 Å². The molecule has 1 aromatic carbocycles. The van der Waals surface area contributed by atoms with Crippen molar-refractivity contribution in [1.82, 2.24) is 4.90 Å². The molecule has 1 heterocycles. The SMILES string of the molecule is C#CCN1C(/C(C)=C/c2ccccc2)OC2C(C)CCCC2C1(C)C. The van der Waals surface area contributed by atoms with Gasteiger partial charge < -0.3 is 4.74 Å². The summed E-state index contributed by atoms with van der Waals surface area (Å²) in [6.07, 6.45) is 12.0. The van der Waals surface area contributed by atoms with Gasteiger partial charge in [-0.3, -0.25) is 4.90 Å². The van der Waals surface area contributed by atoms with E-state index in [9.17, 15) is 0 Å². The van der Waals surface area contributed by atoms with Crippen LogP contribution in [0.5, 0.6) is 0 Å². The van der Waals surface area contributed by atoms with Crippen molar-refractivity contribution in [1.29, 1.82) is 0 Å². The summed E-state index contributed by atoms with van der Waals surface area (Å²) < 4.78 is 6.70. The first-order valence-electron chi connectivity index (χ1n) is 9.54. The number of ether oxygens (including phenoxy) is 1. The molecule has 2 heteroatoms. The highest BCUT2D eigenvalue weighted by Gasteiger charge is 2.51. The lowest BCUT2D eigenvalue weighted by Crippen LogP contribution is -2.65. The number of terminal acetylenes is 1. The Hall–Kier alpha value is -1.56. The molecule has 2 nitrogen and oxygen atoms in total. The Labute approximate surface area is 153 Å². The second kappa shape index (κ2) is 7.36. The minimum Gasteiger partial charge on any atom is -0.355 e. The van der Waals surface area contributed by atoms with Gasteiger partial charge in [-0.15, -0.1) is 6.42 Å². The normalized spacial score (nSPS) is 32.7. The molecule has 2 fully saturated rings. The molecule has 0 aromatic heterocycles. The maximum Gasteiger partial charge on any atom is 0.134 e. The Balaban J connectivity index is 1.95. The predicted molar refractivity (Wildman–Crippen MR) is 105 cm³/mol. The Morgan fingerprint density at radius 1 is 1.32 bits per heavy atom. The van der Waals surface area contributed by atoms with Gasteiger partial charge in [-0.25, -0.2) is 0 Å². The van der Waals surface area contributed by atoms with Crippen molar-refractivity contribution in [2.45, 2.75) is 64.8 Å². The highest BCUT2D eigenvalue weighted by Crippen LogP contribution is 2.46. The number of nitrogens with zero attached hydrogens (tertiary/aromatic N) is 1. The van der Waals surface area contributed by atoms with Crippen LogP contribution in [0.2, 0.25) is 0 Å². The molecular weight excluding hydrogens is 306 g/mol. The predicted octanol–water partition coefficient (Wildman–Crippen LogP) is 4.96. The van der Waals surface area contributed by atoms with Crippen molar-refractivity contribution in [2.24, 2.45) is 11.8 Å². The molecule has 3 rings (SSSR count). The average molecular weight is 338 g/mol. The van der Waals surface area contributed by atoms with E-state index in [1.807, 2.05) is 6.07 Å². The first-order chi connectivity index (χ1) is 11.9. The minimum atomic E-state index is -0.0481. The van der Waals surface area contributed by atoms with Crippen molar-refractivity contribution in [3.63, 3.8) is 0 Å². The third-order valence-corrected chi connectivity index (χ3v) is 6.19. The quantitative estimate of drug-likeness (QED) is 0.723. The molecule has 0 amide bonds. The topological polar surface area (TPSA) is 12.5 Å². The second-order valence-electron chi connectivity index (χ2n) is 8.25. The van der Waals surface area contributed by atoms with Crippen LogP contribution in [-0.2, 0) is 4.74 Å². The van der Waals surface area contributed by atoms with E-state index in [4.69, 9.17) is 11.2 Å². The number of benzene rings is 1. The van der Waals surface area contributed by atoms with Crippen LogP contribution in [0.15, 0.2) is 35.9 Å². The molecule has 4 unspecified atom stereocenters. The zero-order chi connectivity index (χ0) is 18.0. The van der Waals surface area contributed by atoms with Gasteiger partial charge in [-0.05, 0) is 50.7 Å². The standard InChI is InChI=1S/C23H31NO/c1-6-15-24-22(18(3)16-19-12-8-7-9-13-19)25-21-17(2)11-10-14-20(21)23(24,4)5/h1,7-9,12-13,16-17,20-22H,10-11,14-15H2,2-5H3/b18-16+. The first kappa shape index (κ1) is 18.2. The number of hydrogen-bond donors (Lipinski definition) is 0. The Kier molecular flexibility index (Phi) is 5.37. The molecule has 25 heavy (non-hydrogen) atoms. The Morgan fingerprint density at radius 2 is 2.04 bits per heavy atom. The van der Waals surface area contributed by atoms with Gasteiger partial charge in [0.25, 0.3) is 0 Å². The molecule has 0 N–H and O–H groups in total. The average Bonchev–Trinajstić information content (AvgIpc) is 2.59. The fourth-order valence-corrected chi connectivity index (χ4v) is 4.73. The second-order valence-corrected chi connectivity index (χ2v) is 8.25. The Bertz CT molecular complexity index is 654. The molecule has 1 saturated carbocycles. The number of fused-ring (bicyclic) bond motifs is 1. The largest absolute Gasteiger partial charge is 0.355 e. The van der Waals surface area contributed by atoms with E-state index in [1.165, 1.54) is 30.4 Å². The van der Waals surface area contributed by atoms with Crippen LogP contribution in [0.4, 0.5) is 0 Å². The zero-order valence-corrected chi connectivity index (χ0v) is 16.0. The lowest BCUT2D eigenvalue weighted by Gasteiger charge is -2.57. The van der Waals surface area contributed by atoms with Crippen molar-refractivity contribution in [3.05, 3.63) is 41.5 Å². The fraction of sp³-hybridized carbons (Fsp3) is 0.565. The van der Waals surface area contributed by atoms with Gasteiger partial charge in [0.05, 0.1) is 12.6 Å². The Morgan fingerprint density at radius 3 is 2.72 bits per heavy atom. The molecule has 4 atom stereocenters. The smallest absolute Gasteiger partial charge is 0.134 e. The molecule has 0 bridgehead atoms. The lowest BCUT2D eigenvalue weighted by molar-refractivity contribution is -0.224. The first-order valence-corrected chi connectivity index (χ1v) is 9.54. The lowest BCUT2D eigenvalue weighted by atomic mass is 9.68. The molecular formula is C23H31NO. The maximum atomic E-state index is 6.70. The van der Waals surface area contributed by atoms with E-state index in [-0.39, 0.29) is 11.8 Å². The summed E-state index contributed by atoms with van der Waals surface area (Å²) in [6.45, 7) is 9.84. The third kappa shape index (κ3) is 3.54. The van der Waals surface area contributed by atoms with Gasteiger partial charge in [-0.1, -0.05) is 55.7 Å². The zero-order valence-electron chi connectivity index (χ0n) is 16.0. The van der Waals surface area contributed by atoms with Crippen LogP contribution in [-0.4, -0.2) is 29.3 Å². The third-order valence-electron chi connectivity index (χ3n) is 6.19. The summed E-state index contributed by atoms with van der Waals surface area (Å²) in [5, 5.41) is 0. The van der Waals surface area contributed by atoms with Gasteiger partial charge in [0.1, 0.15) is 6.23 Å². The van der Waals surface area contributed by atoms with Gasteiger partial charge in [-0.2, -0.15) is 0 Å². The summed E-state index contributed by atoms with van der Waals surface area (Å²) in [6, 6.07) is 10.5. The van der Waals surface area contributed by atoms with Crippen LogP contribution in [0.1, 0.15) is 52.5 Å². The molecule has 2 aliphatic rings. The van der Waals surface area contributed by atoms with Crippen LogP contribution in [0.3, 0.4) is 0 Å². The monoisotopic (exact) mass is 337 g/mol.